The number of ether oxygens (including phenoxy) is 1. The van der Waals surface area contributed by atoms with Crippen LogP contribution in [0.1, 0.15) is 20.8 Å². The highest BCUT2D eigenvalue weighted by Gasteiger charge is 2.08. The summed E-state index contributed by atoms with van der Waals surface area (Å²) in [5.74, 6) is -0.842. The van der Waals surface area contributed by atoms with E-state index in [2.05, 4.69) is 15.3 Å². The van der Waals surface area contributed by atoms with Crippen LogP contribution in [-0.2, 0) is 4.74 Å². The maximum Gasteiger partial charge on any atom is 0.338 e. The van der Waals surface area contributed by atoms with E-state index >= 15 is 0 Å². The summed E-state index contributed by atoms with van der Waals surface area (Å²) in [6, 6.07) is 6.35. The van der Waals surface area contributed by atoms with Gasteiger partial charge in [-0.15, -0.1) is 0 Å². The third kappa shape index (κ3) is 4.54. The Labute approximate surface area is 126 Å². The monoisotopic (exact) mass is 305 g/mol. The third-order valence-corrected chi connectivity index (χ3v) is 2.75. The van der Waals surface area contributed by atoms with Gasteiger partial charge < -0.3 is 10.1 Å². The molecule has 1 N–H and O–H groups in total. The van der Waals surface area contributed by atoms with Gasteiger partial charge in [0.15, 0.2) is 0 Å². The summed E-state index contributed by atoms with van der Waals surface area (Å²) in [5, 5.41) is 3.12. The van der Waals surface area contributed by atoms with Gasteiger partial charge in [0, 0.05) is 17.4 Å². The Morgan fingerprint density at radius 2 is 1.95 bits per heavy atom. The van der Waals surface area contributed by atoms with E-state index in [1.54, 1.807) is 24.3 Å². The molecule has 0 bridgehead atoms. The molecule has 0 atom stereocenters. The summed E-state index contributed by atoms with van der Waals surface area (Å²) in [5.41, 5.74) is 0.612. The first kappa shape index (κ1) is 14.9. The van der Waals surface area contributed by atoms with Gasteiger partial charge in [0.1, 0.15) is 12.3 Å². The number of benzene rings is 1. The van der Waals surface area contributed by atoms with Crippen molar-refractivity contribution in [2.24, 2.45) is 0 Å². The van der Waals surface area contributed by atoms with E-state index in [9.17, 15) is 9.59 Å². The maximum atomic E-state index is 11.7. The Morgan fingerprint density at radius 1 is 1.19 bits per heavy atom. The fraction of sp³-hybridized carbons (Fsp3) is 0.143. The van der Waals surface area contributed by atoms with Crippen molar-refractivity contribution in [2.45, 2.75) is 0 Å². The van der Waals surface area contributed by atoms with Gasteiger partial charge >= 0.3 is 5.97 Å². The highest BCUT2D eigenvalue weighted by molar-refractivity contribution is 6.30. The van der Waals surface area contributed by atoms with Crippen molar-refractivity contribution in [2.75, 3.05) is 13.2 Å². The Morgan fingerprint density at radius 3 is 2.62 bits per heavy atom. The van der Waals surface area contributed by atoms with Crippen molar-refractivity contribution in [3.8, 4) is 0 Å². The van der Waals surface area contributed by atoms with E-state index in [0.717, 1.165) is 0 Å². The molecule has 21 heavy (non-hydrogen) atoms. The van der Waals surface area contributed by atoms with Crippen LogP contribution in [0.15, 0.2) is 42.9 Å². The van der Waals surface area contributed by atoms with Crippen molar-refractivity contribution in [1.29, 1.82) is 0 Å². The van der Waals surface area contributed by atoms with E-state index in [1.165, 1.54) is 18.6 Å². The highest BCUT2D eigenvalue weighted by atomic mass is 35.5. The Kier molecular flexibility index (Phi) is 5.22. The SMILES string of the molecule is O=C(OCCNC(=O)c1cnccn1)c1ccc(Cl)cc1. The van der Waals surface area contributed by atoms with Gasteiger partial charge in [-0.3, -0.25) is 9.78 Å². The Bertz CT molecular complexity index is 617. The van der Waals surface area contributed by atoms with Crippen LogP contribution in [0.5, 0.6) is 0 Å². The molecule has 0 saturated carbocycles. The first-order chi connectivity index (χ1) is 10.2. The molecule has 2 rings (SSSR count). The molecule has 0 aliphatic carbocycles. The molecule has 0 spiro atoms. The van der Waals surface area contributed by atoms with Gasteiger partial charge in [-0.2, -0.15) is 0 Å². The number of nitrogens with zero attached hydrogens (tertiary/aromatic N) is 2. The smallest absolute Gasteiger partial charge is 0.338 e. The summed E-state index contributed by atoms with van der Waals surface area (Å²) >= 11 is 5.73. The average Bonchev–Trinajstić information content (AvgIpc) is 2.52. The van der Waals surface area contributed by atoms with Gasteiger partial charge in [-0.1, -0.05) is 11.6 Å². The molecule has 0 unspecified atom stereocenters. The number of nitrogens with one attached hydrogen (secondary N) is 1. The van der Waals surface area contributed by atoms with Gasteiger partial charge in [0.2, 0.25) is 0 Å². The summed E-state index contributed by atoms with van der Waals surface area (Å²) in [6.07, 6.45) is 4.26. The standard InChI is InChI=1S/C14H12ClN3O3/c15-11-3-1-10(2-4-11)14(20)21-8-7-18-13(19)12-9-16-5-6-17-12/h1-6,9H,7-8H2,(H,18,19). The normalized spacial score (nSPS) is 9.95. The lowest BCUT2D eigenvalue weighted by molar-refractivity contribution is 0.0503. The van der Waals surface area contributed by atoms with Gasteiger partial charge in [0.25, 0.3) is 5.91 Å². The molecule has 0 aliphatic heterocycles. The predicted octanol–water partition coefficient (Wildman–Crippen LogP) is 1.72. The molecule has 0 aliphatic rings. The number of amides is 1. The minimum atomic E-state index is -0.472. The fourth-order valence-corrected chi connectivity index (χ4v) is 1.61. The first-order valence-corrected chi connectivity index (χ1v) is 6.51. The lowest BCUT2D eigenvalue weighted by atomic mass is 10.2. The molecule has 1 aromatic heterocycles. The molecule has 1 heterocycles. The van der Waals surface area contributed by atoms with Gasteiger partial charge in [-0.05, 0) is 24.3 Å². The van der Waals surface area contributed by atoms with E-state index in [-0.39, 0.29) is 24.8 Å². The van der Waals surface area contributed by atoms with Crippen molar-refractivity contribution in [3.63, 3.8) is 0 Å². The van der Waals surface area contributed by atoms with Gasteiger partial charge in [-0.25, -0.2) is 9.78 Å². The molecule has 1 amide bonds. The number of hydrogen-bond acceptors (Lipinski definition) is 5. The van der Waals surface area contributed by atoms with Crippen molar-refractivity contribution in [1.82, 2.24) is 15.3 Å². The zero-order valence-corrected chi connectivity index (χ0v) is 11.7. The quantitative estimate of drug-likeness (QED) is 0.672. The molecule has 0 radical (unpaired) electrons. The highest BCUT2D eigenvalue weighted by Crippen LogP contribution is 2.10. The number of aromatic nitrogens is 2. The number of esters is 1. The molecule has 2 aromatic rings. The van der Waals surface area contributed by atoms with Crippen LogP contribution in [0.3, 0.4) is 0 Å². The Hall–Kier alpha value is -2.47. The minimum Gasteiger partial charge on any atom is -0.460 e. The second-order valence-corrected chi connectivity index (χ2v) is 4.43. The predicted molar refractivity (Wildman–Crippen MR) is 76.1 cm³/mol. The minimum absolute atomic E-state index is 0.0630. The zero-order valence-electron chi connectivity index (χ0n) is 11.0. The summed E-state index contributed by atoms with van der Waals surface area (Å²) < 4.78 is 5.02. The van der Waals surface area contributed by atoms with Crippen molar-refractivity contribution < 1.29 is 14.3 Å². The molecular formula is C14H12ClN3O3. The molecule has 6 nitrogen and oxygen atoms in total. The number of hydrogen-bond donors (Lipinski definition) is 1. The lowest BCUT2D eigenvalue weighted by Gasteiger charge is -2.06. The lowest BCUT2D eigenvalue weighted by Crippen LogP contribution is -2.28. The summed E-state index contributed by atoms with van der Waals surface area (Å²) in [4.78, 5) is 30.9. The van der Waals surface area contributed by atoms with E-state index < -0.39 is 5.97 Å². The topological polar surface area (TPSA) is 81.2 Å². The number of carbonyl (C=O) groups is 2. The van der Waals surface area contributed by atoms with Crippen LogP contribution in [0, 0.1) is 0 Å². The number of halogens is 1. The molecule has 108 valence electrons. The zero-order chi connectivity index (χ0) is 15.1. The molecule has 1 aromatic carbocycles. The second-order valence-electron chi connectivity index (χ2n) is 3.99. The van der Waals surface area contributed by atoms with E-state index in [1.807, 2.05) is 0 Å². The summed E-state index contributed by atoms with van der Waals surface area (Å²) in [6.45, 7) is 0.252. The van der Waals surface area contributed by atoms with Gasteiger partial charge in [0.05, 0.1) is 18.3 Å². The van der Waals surface area contributed by atoms with Crippen molar-refractivity contribution >= 4 is 23.5 Å². The van der Waals surface area contributed by atoms with Crippen LogP contribution < -0.4 is 5.32 Å². The molecule has 0 fully saturated rings. The average molecular weight is 306 g/mol. The molecule has 7 heteroatoms. The van der Waals surface area contributed by atoms with E-state index in [0.29, 0.717) is 10.6 Å². The third-order valence-electron chi connectivity index (χ3n) is 2.50. The maximum absolute atomic E-state index is 11.7. The molecular weight excluding hydrogens is 294 g/mol. The van der Waals surface area contributed by atoms with Crippen LogP contribution in [0.2, 0.25) is 5.02 Å². The van der Waals surface area contributed by atoms with Crippen molar-refractivity contribution in [3.05, 3.63) is 59.1 Å². The number of carbonyl (C=O) groups excluding carboxylic acids is 2. The van der Waals surface area contributed by atoms with Crippen LogP contribution in [-0.4, -0.2) is 35.0 Å². The molecule has 0 saturated heterocycles. The van der Waals surface area contributed by atoms with Crippen LogP contribution in [0.25, 0.3) is 0 Å². The Balaban J connectivity index is 1.73. The first-order valence-electron chi connectivity index (χ1n) is 6.14. The van der Waals surface area contributed by atoms with Crippen LogP contribution >= 0.6 is 11.6 Å². The number of rotatable bonds is 5. The second kappa shape index (κ2) is 7.35. The van der Waals surface area contributed by atoms with Crippen LogP contribution in [0.4, 0.5) is 0 Å². The largest absolute Gasteiger partial charge is 0.460 e. The summed E-state index contributed by atoms with van der Waals surface area (Å²) in [7, 11) is 0. The fourth-order valence-electron chi connectivity index (χ4n) is 1.48. The van der Waals surface area contributed by atoms with E-state index in [4.69, 9.17) is 16.3 Å².